The van der Waals surface area contributed by atoms with E-state index in [1.54, 1.807) is 4.68 Å². The summed E-state index contributed by atoms with van der Waals surface area (Å²) >= 11 is 0. The van der Waals surface area contributed by atoms with Crippen molar-refractivity contribution in [3.8, 4) is 0 Å². The van der Waals surface area contributed by atoms with E-state index in [4.69, 9.17) is 0 Å². The molecule has 2 heterocycles. The van der Waals surface area contributed by atoms with Crippen LogP contribution >= 0.6 is 0 Å². The van der Waals surface area contributed by atoms with Gasteiger partial charge < -0.3 is 0 Å². The Morgan fingerprint density at radius 1 is 1.29 bits per heavy atom. The SMILES string of the molecule is CCc1cccc(CN2CCCC(c3cn(C)nn3)C2)c1. The van der Waals surface area contributed by atoms with Gasteiger partial charge in [-0.3, -0.25) is 9.58 Å². The summed E-state index contributed by atoms with van der Waals surface area (Å²) in [7, 11) is 1.94. The first-order valence-electron chi connectivity index (χ1n) is 7.91. The minimum atomic E-state index is 0.529. The van der Waals surface area contributed by atoms with Crippen LogP contribution in [0.5, 0.6) is 0 Å². The predicted molar refractivity (Wildman–Crippen MR) is 84.1 cm³/mol. The lowest BCUT2D eigenvalue weighted by Gasteiger charge is -2.31. The van der Waals surface area contributed by atoms with Crippen molar-refractivity contribution >= 4 is 0 Å². The Bertz CT molecular complexity index is 590. The zero-order valence-corrected chi connectivity index (χ0v) is 13.0. The van der Waals surface area contributed by atoms with Crippen LogP contribution in [-0.2, 0) is 20.0 Å². The lowest BCUT2D eigenvalue weighted by molar-refractivity contribution is 0.198. The third-order valence-corrected chi connectivity index (χ3v) is 4.35. The number of hydrogen-bond donors (Lipinski definition) is 0. The maximum Gasteiger partial charge on any atom is 0.0870 e. The maximum absolute atomic E-state index is 4.29. The van der Waals surface area contributed by atoms with E-state index in [1.807, 2.05) is 7.05 Å². The van der Waals surface area contributed by atoms with Gasteiger partial charge in [-0.15, -0.1) is 5.10 Å². The zero-order valence-electron chi connectivity index (χ0n) is 13.0. The molecule has 3 rings (SSSR count). The van der Waals surface area contributed by atoms with E-state index in [1.165, 1.54) is 30.5 Å². The van der Waals surface area contributed by atoms with Crippen molar-refractivity contribution in [1.82, 2.24) is 19.9 Å². The van der Waals surface area contributed by atoms with Crippen LogP contribution in [-0.4, -0.2) is 33.0 Å². The Morgan fingerprint density at radius 3 is 2.90 bits per heavy atom. The average Bonchev–Trinajstić information content (AvgIpc) is 2.94. The van der Waals surface area contributed by atoms with Gasteiger partial charge in [-0.25, -0.2) is 0 Å². The Hall–Kier alpha value is -1.68. The highest BCUT2D eigenvalue weighted by Gasteiger charge is 2.23. The quantitative estimate of drug-likeness (QED) is 0.865. The largest absolute Gasteiger partial charge is 0.298 e. The number of nitrogens with zero attached hydrogens (tertiary/aromatic N) is 4. The van der Waals surface area contributed by atoms with E-state index in [9.17, 15) is 0 Å². The summed E-state index contributed by atoms with van der Waals surface area (Å²) in [4.78, 5) is 2.55. The highest BCUT2D eigenvalue weighted by Crippen LogP contribution is 2.26. The molecular formula is C17H24N4. The van der Waals surface area contributed by atoms with E-state index >= 15 is 0 Å². The van der Waals surface area contributed by atoms with Gasteiger partial charge in [0.2, 0.25) is 0 Å². The van der Waals surface area contributed by atoms with E-state index < -0.39 is 0 Å². The monoisotopic (exact) mass is 284 g/mol. The second-order valence-electron chi connectivity index (χ2n) is 6.06. The summed E-state index contributed by atoms with van der Waals surface area (Å²) in [6.45, 7) is 5.54. The molecule has 4 heteroatoms. The van der Waals surface area contributed by atoms with Crippen LogP contribution in [0.4, 0.5) is 0 Å². The average molecular weight is 284 g/mol. The molecule has 0 aliphatic carbocycles. The van der Waals surface area contributed by atoms with Gasteiger partial charge in [0.15, 0.2) is 0 Å². The van der Waals surface area contributed by atoms with Crippen molar-refractivity contribution in [2.45, 2.75) is 38.6 Å². The summed E-state index contributed by atoms with van der Waals surface area (Å²) in [5, 5.41) is 8.37. The van der Waals surface area contributed by atoms with Crippen LogP contribution in [0.15, 0.2) is 30.5 Å². The first-order chi connectivity index (χ1) is 10.2. The van der Waals surface area contributed by atoms with Gasteiger partial charge in [0.25, 0.3) is 0 Å². The molecular weight excluding hydrogens is 260 g/mol. The van der Waals surface area contributed by atoms with Crippen LogP contribution in [0.2, 0.25) is 0 Å². The van der Waals surface area contributed by atoms with Crippen molar-refractivity contribution in [2.24, 2.45) is 7.05 Å². The molecule has 112 valence electrons. The molecule has 1 aliphatic heterocycles. The normalized spacial score (nSPS) is 19.8. The standard InChI is InChI=1S/C17H24N4/c1-3-14-6-4-7-15(10-14)11-21-9-5-8-16(12-21)17-13-20(2)19-18-17/h4,6-7,10,13,16H,3,5,8-9,11-12H2,1-2H3. The Kier molecular flexibility index (Phi) is 4.34. The number of hydrogen-bond acceptors (Lipinski definition) is 3. The molecule has 0 bridgehead atoms. The number of benzene rings is 1. The molecule has 1 fully saturated rings. The summed E-state index contributed by atoms with van der Waals surface area (Å²) < 4.78 is 1.80. The molecule has 1 unspecified atom stereocenters. The Labute approximate surface area is 126 Å². The lowest BCUT2D eigenvalue weighted by atomic mass is 9.95. The molecule has 1 saturated heterocycles. The summed E-state index contributed by atoms with van der Waals surface area (Å²) in [6.07, 6.45) is 5.64. The minimum absolute atomic E-state index is 0.529. The highest BCUT2D eigenvalue weighted by molar-refractivity contribution is 5.23. The van der Waals surface area contributed by atoms with Crippen LogP contribution in [0, 0.1) is 0 Å². The second kappa shape index (κ2) is 6.39. The Morgan fingerprint density at radius 2 is 2.14 bits per heavy atom. The maximum atomic E-state index is 4.29. The fraction of sp³-hybridized carbons (Fsp3) is 0.529. The zero-order chi connectivity index (χ0) is 14.7. The lowest BCUT2D eigenvalue weighted by Crippen LogP contribution is -2.34. The van der Waals surface area contributed by atoms with Gasteiger partial charge in [-0.05, 0) is 36.9 Å². The van der Waals surface area contributed by atoms with Crippen molar-refractivity contribution < 1.29 is 0 Å². The first kappa shape index (κ1) is 14.3. The van der Waals surface area contributed by atoms with Gasteiger partial charge >= 0.3 is 0 Å². The molecule has 1 atom stereocenters. The summed E-state index contributed by atoms with van der Waals surface area (Å²) in [5.41, 5.74) is 3.99. The molecule has 0 N–H and O–H groups in total. The number of piperidine rings is 1. The van der Waals surface area contributed by atoms with Crippen LogP contribution in [0.1, 0.15) is 42.5 Å². The minimum Gasteiger partial charge on any atom is -0.298 e. The molecule has 1 aliphatic rings. The molecule has 0 saturated carbocycles. The topological polar surface area (TPSA) is 34.0 Å². The number of likely N-dealkylation sites (tertiary alicyclic amines) is 1. The van der Waals surface area contributed by atoms with E-state index in [0.717, 1.165) is 25.2 Å². The smallest absolute Gasteiger partial charge is 0.0870 e. The molecule has 1 aromatic carbocycles. The van der Waals surface area contributed by atoms with Crippen LogP contribution in [0.25, 0.3) is 0 Å². The van der Waals surface area contributed by atoms with Crippen molar-refractivity contribution in [3.05, 3.63) is 47.3 Å². The fourth-order valence-corrected chi connectivity index (χ4v) is 3.20. The first-order valence-corrected chi connectivity index (χ1v) is 7.91. The van der Waals surface area contributed by atoms with Crippen molar-refractivity contribution in [2.75, 3.05) is 13.1 Å². The number of aryl methyl sites for hydroxylation is 2. The van der Waals surface area contributed by atoms with E-state index in [0.29, 0.717) is 5.92 Å². The van der Waals surface area contributed by atoms with Crippen LogP contribution in [0.3, 0.4) is 0 Å². The molecule has 0 spiro atoms. The summed E-state index contributed by atoms with van der Waals surface area (Å²) in [6, 6.07) is 8.97. The predicted octanol–water partition coefficient (Wildman–Crippen LogP) is 2.76. The van der Waals surface area contributed by atoms with Gasteiger partial charge in [-0.2, -0.15) is 0 Å². The second-order valence-corrected chi connectivity index (χ2v) is 6.06. The van der Waals surface area contributed by atoms with Gasteiger partial charge in [0.1, 0.15) is 0 Å². The molecule has 21 heavy (non-hydrogen) atoms. The van der Waals surface area contributed by atoms with Crippen LogP contribution < -0.4 is 0 Å². The highest BCUT2D eigenvalue weighted by atomic mass is 15.4. The number of rotatable bonds is 4. The van der Waals surface area contributed by atoms with Crippen molar-refractivity contribution in [1.29, 1.82) is 0 Å². The summed E-state index contributed by atoms with van der Waals surface area (Å²) in [5.74, 6) is 0.529. The Balaban J connectivity index is 1.65. The molecule has 0 radical (unpaired) electrons. The van der Waals surface area contributed by atoms with Gasteiger partial charge in [-0.1, -0.05) is 36.4 Å². The molecule has 4 nitrogen and oxygen atoms in total. The van der Waals surface area contributed by atoms with E-state index in [2.05, 4.69) is 52.6 Å². The third kappa shape index (κ3) is 3.50. The van der Waals surface area contributed by atoms with E-state index in [-0.39, 0.29) is 0 Å². The number of aromatic nitrogens is 3. The molecule has 2 aromatic rings. The van der Waals surface area contributed by atoms with Crippen molar-refractivity contribution in [3.63, 3.8) is 0 Å². The molecule has 1 aromatic heterocycles. The molecule has 0 amide bonds. The fourth-order valence-electron chi connectivity index (χ4n) is 3.20. The van der Waals surface area contributed by atoms with Gasteiger partial charge in [0, 0.05) is 32.3 Å². The third-order valence-electron chi connectivity index (χ3n) is 4.35. The van der Waals surface area contributed by atoms with Gasteiger partial charge in [0.05, 0.1) is 5.69 Å².